The Morgan fingerprint density at radius 3 is 2.69 bits per heavy atom. The highest BCUT2D eigenvalue weighted by molar-refractivity contribution is 5.62. The molecule has 1 saturated heterocycles. The Labute approximate surface area is 96.0 Å². The molecule has 1 aliphatic rings. The summed E-state index contributed by atoms with van der Waals surface area (Å²) in [4.78, 5) is 8.81. The van der Waals surface area contributed by atoms with Crippen LogP contribution >= 0.6 is 0 Å². The normalized spacial score (nSPS) is 20.7. The molecule has 1 aromatic rings. The molecule has 1 fully saturated rings. The van der Waals surface area contributed by atoms with Gasteiger partial charge in [-0.05, 0) is 32.6 Å². The lowest BCUT2D eigenvalue weighted by Crippen LogP contribution is -2.31. The van der Waals surface area contributed by atoms with Gasteiger partial charge >= 0.3 is 0 Å². The third kappa shape index (κ3) is 2.04. The van der Waals surface area contributed by atoms with Gasteiger partial charge in [0.1, 0.15) is 11.6 Å². The first-order valence-corrected chi connectivity index (χ1v) is 5.51. The van der Waals surface area contributed by atoms with Crippen LogP contribution in [-0.2, 0) is 0 Å². The van der Waals surface area contributed by atoms with Crippen LogP contribution in [0, 0.1) is 0 Å². The van der Waals surface area contributed by atoms with E-state index in [0.29, 0.717) is 17.5 Å². The summed E-state index contributed by atoms with van der Waals surface area (Å²) in [6.45, 7) is 2.03. The predicted molar refractivity (Wildman–Crippen MR) is 67.4 cm³/mol. The Balaban J connectivity index is 2.11. The fourth-order valence-corrected chi connectivity index (χ4v) is 2.02. The van der Waals surface area contributed by atoms with Gasteiger partial charge in [-0.1, -0.05) is 0 Å². The minimum atomic E-state index is 0.422. The second kappa shape index (κ2) is 4.17. The zero-order valence-corrected chi connectivity index (χ0v) is 9.85. The average molecular weight is 221 g/mol. The monoisotopic (exact) mass is 221 g/mol. The topological polar surface area (TPSA) is 71.4 Å². The van der Waals surface area contributed by atoms with Gasteiger partial charge in [0.05, 0.1) is 5.69 Å². The summed E-state index contributed by atoms with van der Waals surface area (Å²) in [6.07, 6.45) is 1.17. The number of anilines is 3. The lowest BCUT2D eigenvalue weighted by molar-refractivity contribution is 0.315. The number of hydrogen-bond donors (Lipinski definition) is 2. The SMILES string of the molecule is CN(C)C1CCN(c2ccc(N)c(N)n2)C1. The van der Waals surface area contributed by atoms with Crippen molar-refractivity contribution in [1.82, 2.24) is 9.88 Å². The summed E-state index contributed by atoms with van der Waals surface area (Å²) >= 11 is 0. The van der Waals surface area contributed by atoms with Gasteiger partial charge in [-0.2, -0.15) is 0 Å². The molecule has 4 N–H and O–H groups in total. The van der Waals surface area contributed by atoms with Crippen LogP contribution in [0.4, 0.5) is 17.3 Å². The third-order valence-corrected chi connectivity index (χ3v) is 3.16. The zero-order chi connectivity index (χ0) is 11.7. The molecule has 0 aliphatic carbocycles. The Morgan fingerprint density at radius 1 is 1.38 bits per heavy atom. The molecule has 0 bridgehead atoms. The number of likely N-dealkylation sites (N-methyl/N-ethyl adjacent to an activating group) is 1. The first kappa shape index (κ1) is 11.0. The number of pyridine rings is 1. The van der Waals surface area contributed by atoms with Crippen LogP contribution in [0.5, 0.6) is 0 Å². The maximum absolute atomic E-state index is 5.71. The molecule has 1 unspecified atom stereocenters. The minimum Gasteiger partial charge on any atom is -0.396 e. The second-order valence-corrected chi connectivity index (χ2v) is 4.50. The summed E-state index contributed by atoms with van der Waals surface area (Å²) in [7, 11) is 4.22. The van der Waals surface area contributed by atoms with E-state index in [9.17, 15) is 0 Å². The van der Waals surface area contributed by atoms with Crippen molar-refractivity contribution >= 4 is 17.3 Å². The molecule has 5 nitrogen and oxygen atoms in total. The molecule has 0 aromatic carbocycles. The molecule has 88 valence electrons. The molecular weight excluding hydrogens is 202 g/mol. The van der Waals surface area contributed by atoms with Crippen molar-refractivity contribution in [1.29, 1.82) is 0 Å². The number of nitrogens with two attached hydrogens (primary N) is 2. The lowest BCUT2D eigenvalue weighted by atomic mass is 10.2. The van der Waals surface area contributed by atoms with Gasteiger partial charge in [-0.3, -0.25) is 0 Å². The zero-order valence-electron chi connectivity index (χ0n) is 9.85. The highest BCUT2D eigenvalue weighted by Gasteiger charge is 2.24. The average Bonchev–Trinajstić information content (AvgIpc) is 2.71. The van der Waals surface area contributed by atoms with Gasteiger partial charge in [-0.15, -0.1) is 0 Å². The highest BCUT2D eigenvalue weighted by atomic mass is 15.3. The molecule has 1 aliphatic heterocycles. The van der Waals surface area contributed by atoms with Crippen LogP contribution < -0.4 is 16.4 Å². The molecule has 2 rings (SSSR count). The Hall–Kier alpha value is -1.49. The molecular formula is C11H19N5. The predicted octanol–water partition coefficient (Wildman–Crippen LogP) is 0.386. The third-order valence-electron chi connectivity index (χ3n) is 3.16. The largest absolute Gasteiger partial charge is 0.396 e. The van der Waals surface area contributed by atoms with E-state index >= 15 is 0 Å². The van der Waals surface area contributed by atoms with Crippen molar-refractivity contribution in [3.8, 4) is 0 Å². The van der Waals surface area contributed by atoms with E-state index < -0.39 is 0 Å². The molecule has 0 spiro atoms. The Bertz CT molecular complexity index is 377. The Morgan fingerprint density at radius 2 is 2.12 bits per heavy atom. The lowest BCUT2D eigenvalue weighted by Gasteiger charge is -2.21. The van der Waals surface area contributed by atoms with Gasteiger partial charge in [-0.25, -0.2) is 4.98 Å². The van der Waals surface area contributed by atoms with Gasteiger partial charge in [0.2, 0.25) is 0 Å². The fourth-order valence-electron chi connectivity index (χ4n) is 2.02. The first-order valence-electron chi connectivity index (χ1n) is 5.51. The number of rotatable bonds is 2. The summed E-state index contributed by atoms with van der Waals surface area (Å²) in [5, 5.41) is 0. The smallest absolute Gasteiger partial charge is 0.149 e. The quantitative estimate of drug-likeness (QED) is 0.755. The van der Waals surface area contributed by atoms with Crippen LogP contribution in [0.25, 0.3) is 0 Å². The van der Waals surface area contributed by atoms with Crippen LogP contribution in [0.15, 0.2) is 12.1 Å². The summed E-state index contributed by atoms with van der Waals surface area (Å²) in [5.41, 5.74) is 11.9. The number of nitrogens with zero attached hydrogens (tertiary/aromatic N) is 3. The van der Waals surface area contributed by atoms with Crippen molar-refractivity contribution in [2.75, 3.05) is 43.6 Å². The maximum Gasteiger partial charge on any atom is 0.149 e. The molecule has 0 amide bonds. The minimum absolute atomic E-state index is 0.422. The van der Waals surface area contributed by atoms with E-state index in [1.165, 1.54) is 6.42 Å². The Kier molecular flexibility index (Phi) is 2.87. The fraction of sp³-hybridized carbons (Fsp3) is 0.545. The van der Waals surface area contributed by atoms with E-state index in [1.807, 2.05) is 12.1 Å². The van der Waals surface area contributed by atoms with Gasteiger partial charge in [0, 0.05) is 19.1 Å². The van der Waals surface area contributed by atoms with Crippen LogP contribution in [0.1, 0.15) is 6.42 Å². The van der Waals surface area contributed by atoms with Crippen molar-refractivity contribution < 1.29 is 0 Å². The summed E-state index contributed by atoms with van der Waals surface area (Å²) in [6, 6.07) is 4.35. The maximum atomic E-state index is 5.71. The van der Waals surface area contributed by atoms with Gasteiger partial charge in [0.15, 0.2) is 0 Å². The number of aromatic nitrogens is 1. The van der Waals surface area contributed by atoms with Crippen molar-refractivity contribution in [3.63, 3.8) is 0 Å². The molecule has 16 heavy (non-hydrogen) atoms. The number of nitrogen functional groups attached to an aromatic ring is 2. The van der Waals surface area contributed by atoms with Crippen LogP contribution in [0.2, 0.25) is 0 Å². The van der Waals surface area contributed by atoms with E-state index in [4.69, 9.17) is 11.5 Å². The van der Waals surface area contributed by atoms with Gasteiger partial charge < -0.3 is 21.3 Å². The summed E-state index contributed by atoms with van der Waals surface area (Å²) < 4.78 is 0. The molecule has 2 heterocycles. The number of hydrogen-bond acceptors (Lipinski definition) is 5. The van der Waals surface area contributed by atoms with Crippen LogP contribution in [-0.4, -0.2) is 43.1 Å². The van der Waals surface area contributed by atoms with E-state index in [2.05, 4.69) is 28.9 Å². The van der Waals surface area contributed by atoms with Crippen molar-refractivity contribution in [2.45, 2.75) is 12.5 Å². The van der Waals surface area contributed by atoms with Crippen LogP contribution in [0.3, 0.4) is 0 Å². The molecule has 0 radical (unpaired) electrons. The van der Waals surface area contributed by atoms with E-state index in [0.717, 1.165) is 18.9 Å². The molecule has 0 saturated carbocycles. The standard InChI is InChI=1S/C11H19N5/c1-15(2)8-5-6-16(7-8)10-4-3-9(12)11(13)14-10/h3-4,8H,5-7,12H2,1-2H3,(H2,13,14). The van der Waals surface area contributed by atoms with Gasteiger partial charge in [0.25, 0.3) is 0 Å². The first-order chi connectivity index (χ1) is 7.58. The summed E-state index contributed by atoms with van der Waals surface area (Å²) in [5.74, 6) is 1.35. The van der Waals surface area contributed by atoms with E-state index in [-0.39, 0.29) is 0 Å². The van der Waals surface area contributed by atoms with Crippen molar-refractivity contribution in [3.05, 3.63) is 12.1 Å². The van der Waals surface area contributed by atoms with E-state index in [1.54, 1.807) is 0 Å². The highest BCUT2D eigenvalue weighted by Crippen LogP contribution is 2.23. The van der Waals surface area contributed by atoms with Crippen molar-refractivity contribution in [2.24, 2.45) is 0 Å². The molecule has 1 atom stereocenters. The molecule has 5 heteroatoms. The second-order valence-electron chi connectivity index (χ2n) is 4.50. The molecule has 1 aromatic heterocycles.